The van der Waals surface area contributed by atoms with Crippen molar-refractivity contribution in [2.24, 2.45) is 0 Å². The Labute approximate surface area is 169 Å². The van der Waals surface area contributed by atoms with Crippen LogP contribution in [0.4, 0.5) is 11.4 Å². The lowest BCUT2D eigenvalue weighted by molar-refractivity contribution is 0.103. The van der Waals surface area contributed by atoms with E-state index < -0.39 is 10.0 Å². The minimum absolute atomic E-state index is 0.104. The Hall–Kier alpha value is -2.64. The molecule has 0 saturated carbocycles. The summed E-state index contributed by atoms with van der Waals surface area (Å²) >= 11 is 1.11. The van der Waals surface area contributed by atoms with Crippen molar-refractivity contribution >= 4 is 38.6 Å². The van der Waals surface area contributed by atoms with Crippen LogP contribution in [0.25, 0.3) is 0 Å². The van der Waals surface area contributed by atoms with Crippen molar-refractivity contribution in [1.29, 1.82) is 0 Å². The highest BCUT2D eigenvalue weighted by molar-refractivity contribution is 7.93. The predicted molar refractivity (Wildman–Crippen MR) is 115 cm³/mol. The fourth-order valence-corrected chi connectivity index (χ4v) is 5.09. The van der Waals surface area contributed by atoms with Gasteiger partial charge in [0.15, 0.2) is 0 Å². The minimum atomic E-state index is -3.75. The normalized spacial score (nSPS) is 11.3. The molecule has 5 nitrogen and oxygen atoms in total. The summed E-state index contributed by atoms with van der Waals surface area (Å²) in [5, 5.41) is 4.36. The van der Waals surface area contributed by atoms with E-state index in [2.05, 4.69) is 5.32 Å². The molecule has 1 aromatic heterocycles. The Kier molecular flexibility index (Phi) is 5.58. The van der Waals surface area contributed by atoms with Gasteiger partial charge in [-0.15, -0.1) is 11.3 Å². The lowest BCUT2D eigenvalue weighted by atomic mass is 10.1. The summed E-state index contributed by atoms with van der Waals surface area (Å²) in [6, 6.07) is 14.5. The quantitative estimate of drug-likeness (QED) is 0.655. The van der Waals surface area contributed by atoms with Gasteiger partial charge in [0, 0.05) is 18.1 Å². The van der Waals surface area contributed by atoms with E-state index in [4.69, 9.17) is 0 Å². The fraction of sp³-hybridized carbons (Fsp3) is 0.190. The molecule has 1 heterocycles. The van der Waals surface area contributed by atoms with Crippen molar-refractivity contribution in [2.75, 3.05) is 16.7 Å². The number of aryl methyl sites for hydroxylation is 3. The van der Waals surface area contributed by atoms with Crippen LogP contribution in [-0.4, -0.2) is 21.4 Å². The molecule has 1 amide bonds. The van der Waals surface area contributed by atoms with Gasteiger partial charge in [-0.2, -0.15) is 0 Å². The van der Waals surface area contributed by atoms with E-state index in [9.17, 15) is 13.2 Å². The first-order valence-electron chi connectivity index (χ1n) is 8.71. The Morgan fingerprint density at radius 2 is 1.71 bits per heavy atom. The fourth-order valence-electron chi connectivity index (χ4n) is 2.75. The van der Waals surface area contributed by atoms with Crippen LogP contribution in [0.5, 0.6) is 0 Å². The lowest BCUT2D eigenvalue weighted by Gasteiger charge is -2.19. The number of anilines is 2. The molecule has 0 aliphatic rings. The minimum Gasteiger partial charge on any atom is -0.321 e. The molecule has 2 aromatic carbocycles. The molecule has 0 aliphatic carbocycles. The zero-order chi connectivity index (χ0) is 20.5. The summed E-state index contributed by atoms with van der Waals surface area (Å²) in [5.74, 6) is -0.321. The van der Waals surface area contributed by atoms with Crippen molar-refractivity contribution in [1.82, 2.24) is 0 Å². The number of carbonyl (C=O) groups is 1. The number of benzene rings is 2. The number of sulfonamides is 1. The number of thiophene rings is 1. The number of rotatable bonds is 5. The average Bonchev–Trinajstić information content (AvgIpc) is 3.15. The van der Waals surface area contributed by atoms with Gasteiger partial charge in [-0.05, 0) is 61.7 Å². The second kappa shape index (κ2) is 7.77. The summed E-state index contributed by atoms with van der Waals surface area (Å²) in [4.78, 5) is 13.0. The molecule has 0 bridgehead atoms. The van der Waals surface area contributed by atoms with Crippen LogP contribution in [-0.2, 0) is 10.0 Å². The summed E-state index contributed by atoms with van der Waals surface area (Å²) in [5.41, 5.74) is 4.25. The second-order valence-corrected chi connectivity index (χ2v) is 9.61. The first-order valence-corrected chi connectivity index (χ1v) is 11.0. The summed E-state index contributed by atoms with van der Waals surface area (Å²) in [6.07, 6.45) is 0. The zero-order valence-electron chi connectivity index (χ0n) is 16.2. The van der Waals surface area contributed by atoms with Crippen molar-refractivity contribution in [3.8, 4) is 0 Å². The third-order valence-electron chi connectivity index (χ3n) is 4.46. The van der Waals surface area contributed by atoms with Gasteiger partial charge < -0.3 is 5.32 Å². The predicted octanol–water partition coefficient (Wildman–Crippen LogP) is 4.75. The highest BCUT2D eigenvalue weighted by Crippen LogP contribution is 2.27. The summed E-state index contributed by atoms with van der Waals surface area (Å²) in [7, 11) is -2.23. The molecule has 146 valence electrons. The van der Waals surface area contributed by atoms with Gasteiger partial charge in [0.2, 0.25) is 0 Å². The maximum atomic E-state index is 12.9. The highest BCUT2D eigenvalue weighted by Gasteiger charge is 2.24. The van der Waals surface area contributed by atoms with Gasteiger partial charge in [-0.1, -0.05) is 24.3 Å². The third kappa shape index (κ3) is 4.10. The molecule has 0 atom stereocenters. The Morgan fingerprint density at radius 1 is 1.00 bits per heavy atom. The Bertz CT molecular complexity index is 1130. The van der Waals surface area contributed by atoms with Crippen molar-refractivity contribution in [3.63, 3.8) is 0 Å². The maximum Gasteiger partial charge on any atom is 0.265 e. The van der Waals surface area contributed by atoms with Gasteiger partial charge in [0.05, 0.1) is 15.5 Å². The first-order chi connectivity index (χ1) is 13.2. The van der Waals surface area contributed by atoms with Crippen molar-refractivity contribution in [2.45, 2.75) is 25.7 Å². The molecule has 7 heteroatoms. The first kappa shape index (κ1) is 20.1. The highest BCUT2D eigenvalue weighted by atomic mass is 32.2. The summed E-state index contributed by atoms with van der Waals surface area (Å²) < 4.78 is 27.1. The zero-order valence-corrected chi connectivity index (χ0v) is 17.8. The number of hydrogen-bond acceptors (Lipinski definition) is 4. The van der Waals surface area contributed by atoms with Crippen LogP contribution in [0.1, 0.15) is 26.4 Å². The van der Waals surface area contributed by atoms with E-state index >= 15 is 0 Å². The molecule has 0 saturated heterocycles. The molecule has 0 radical (unpaired) electrons. The van der Waals surface area contributed by atoms with Crippen LogP contribution >= 0.6 is 11.3 Å². The van der Waals surface area contributed by atoms with E-state index in [0.29, 0.717) is 10.6 Å². The average molecular weight is 415 g/mol. The molecular formula is C21H22N2O3S2. The number of nitrogens with one attached hydrogen (secondary N) is 1. The molecular weight excluding hydrogens is 392 g/mol. The van der Waals surface area contributed by atoms with E-state index in [1.165, 1.54) is 22.8 Å². The van der Waals surface area contributed by atoms with E-state index in [-0.39, 0.29) is 10.8 Å². The van der Waals surface area contributed by atoms with E-state index in [1.54, 1.807) is 12.1 Å². The van der Waals surface area contributed by atoms with Crippen molar-refractivity contribution < 1.29 is 13.2 Å². The smallest absolute Gasteiger partial charge is 0.265 e. The molecule has 0 aliphatic heterocycles. The monoisotopic (exact) mass is 414 g/mol. The molecule has 1 N–H and O–H groups in total. The number of carbonyl (C=O) groups excluding carboxylic acids is 1. The Morgan fingerprint density at radius 3 is 2.43 bits per heavy atom. The SMILES string of the molecule is Cc1cccc(N(C)S(=O)(=O)c2csc(C(=O)Nc3cc(C)ccc3C)c2)c1. The Balaban J connectivity index is 1.84. The molecule has 0 unspecified atom stereocenters. The van der Waals surface area contributed by atoms with Crippen LogP contribution < -0.4 is 9.62 Å². The topological polar surface area (TPSA) is 66.5 Å². The van der Waals surface area contributed by atoms with Crippen LogP contribution in [0, 0.1) is 20.8 Å². The van der Waals surface area contributed by atoms with Crippen LogP contribution in [0.2, 0.25) is 0 Å². The van der Waals surface area contributed by atoms with Gasteiger partial charge in [-0.3, -0.25) is 9.10 Å². The number of nitrogens with zero attached hydrogens (tertiary/aromatic N) is 1. The molecule has 0 fully saturated rings. The number of amides is 1. The lowest BCUT2D eigenvalue weighted by Crippen LogP contribution is -2.26. The molecule has 3 rings (SSSR count). The molecule has 28 heavy (non-hydrogen) atoms. The van der Waals surface area contributed by atoms with E-state index in [0.717, 1.165) is 33.7 Å². The maximum absolute atomic E-state index is 12.9. The van der Waals surface area contributed by atoms with Gasteiger partial charge >= 0.3 is 0 Å². The second-order valence-electron chi connectivity index (χ2n) is 6.73. The third-order valence-corrected chi connectivity index (χ3v) is 7.31. The van der Waals surface area contributed by atoms with Crippen LogP contribution in [0.15, 0.2) is 58.8 Å². The summed E-state index contributed by atoms with van der Waals surface area (Å²) in [6.45, 7) is 5.77. The molecule has 3 aromatic rings. The van der Waals surface area contributed by atoms with Gasteiger partial charge in [0.25, 0.3) is 15.9 Å². The molecule has 0 spiro atoms. The van der Waals surface area contributed by atoms with Crippen molar-refractivity contribution in [3.05, 3.63) is 75.5 Å². The number of hydrogen-bond donors (Lipinski definition) is 1. The standard InChI is InChI=1S/C21H22N2O3S2/c1-14-6-5-7-17(10-14)23(4)28(25,26)18-12-20(27-13-18)21(24)22-19-11-15(2)8-9-16(19)3/h5-13H,1-4H3,(H,22,24). The largest absolute Gasteiger partial charge is 0.321 e. The van der Waals surface area contributed by atoms with E-state index in [1.807, 2.05) is 51.1 Å². The van der Waals surface area contributed by atoms with Gasteiger partial charge in [0.1, 0.15) is 0 Å². The van der Waals surface area contributed by atoms with Gasteiger partial charge in [-0.25, -0.2) is 8.42 Å². The van der Waals surface area contributed by atoms with Crippen LogP contribution in [0.3, 0.4) is 0 Å².